The van der Waals surface area contributed by atoms with Gasteiger partial charge in [0.1, 0.15) is 0 Å². The predicted octanol–water partition coefficient (Wildman–Crippen LogP) is 1.17. The van der Waals surface area contributed by atoms with Crippen LogP contribution >= 0.6 is 23.4 Å². The summed E-state index contributed by atoms with van der Waals surface area (Å²) in [5.41, 5.74) is 6.12. The van der Waals surface area contributed by atoms with Crippen LogP contribution in [0.15, 0.2) is 23.1 Å². The number of sulfone groups is 1. The van der Waals surface area contributed by atoms with Crippen LogP contribution in [0.4, 0.5) is 5.69 Å². The standard InChI is InChI=1S/C10H12ClNO3S2/c11-7-3-6(12)1-2-9(7)16-10-5-17(14,15)4-8(10)13/h1-3,8,10,13H,4-5,12H2. The topological polar surface area (TPSA) is 80.4 Å². The first-order valence-electron chi connectivity index (χ1n) is 4.97. The number of hydrogen-bond acceptors (Lipinski definition) is 5. The molecule has 1 aliphatic heterocycles. The highest BCUT2D eigenvalue weighted by Crippen LogP contribution is 2.36. The largest absolute Gasteiger partial charge is 0.399 e. The van der Waals surface area contributed by atoms with Crippen molar-refractivity contribution in [2.75, 3.05) is 17.2 Å². The molecule has 1 saturated heterocycles. The highest BCUT2D eigenvalue weighted by atomic mass is 35.5. The monoisotopic (exact) mass is 293 g/mol. The third-order valence-corrected chi connectivity index (χ3v) is 6.25. The molecular weight excluding hydrogens is 282 g/mol. The average molecular weight is 294 g/mol. The molecule has 0 spiro atoms. The summed E-state index contributed by atoms with van der Waals surface area (Å²) in [5, 5.41) is 9.78. The average Bonchev–Trinajstić information content (AvgIpc) is 2.44. The van der Waals surface area contributed by atoms with Gasteiger partial charge >= 0.3 is 0 Å². The molecule has 1 fully saturated rings. The number of hydrogen-bond donors (Lipinski definition) is 2. The van der Waals surface area contributed by atoms with Gasteiger partial charge in [-0.2, -0.15) is 0 Å². The second-order valence-electron chi connectivity index (χ2n) is 3.99. The fourth-order valence-corrected chi connectivity index (χ4v) is 5.53. The maximum atomic E-state index is 11.4. The zero-order valence-electron chi connectivity index (χ0n) is 8.84. The molecule has 2 unspecified atom stereocenters. The summed E-state index contributed by atoms with van der Waals surface area (Å²) in [6.07, 6.45) is -0.835. The van der Waals surface area contributed by atoms with E-state index in [0.29, 0.717) is 10.7 Å². The number of nitrogens with two attached hydrogens (primary N) is 1. The number of rotatable bonds is 2. The van der Waals surface area contributed by atoms with E-state index in [4.69, 9.17) is 17.3 Å². The van der Waals surface area contributed by atoms with Gasteiger partial charge < -0.3 is 10.8 Å². The van der Waals surface area contributed by atoms with Crippen LogP contribution in [0.25, 0.3) is 0 Å². The molecule has 3 N–H and O–H groups in total. The van der Waals surface area contributed by atoms with E-state index >= 15 is 0 Å². The summed E-state index contributed by atoms with van der Waals surface area (Å²) in [6, 6.07) is 5.05. The maximum absolute atomic E-state index is 11.4. The minimum atomic E-state index is -3.12. The molecule has 94 valence electrons. The summed E-state index contributed by atoms with van der Waals surface area (Å²) in [4.78, 5) is 0.738. The number of benzene rings is 1. The molecule has 0 aromatic heterocycles. The van der Waals surface area contributed by atoms with Crippen molar-refractivity contribution in [2.45, 2.75) is 16.2 Å². The highest BCUT2D eigenvalue weighted by Gasteiger charge is 2.37. The van der Waals surface area contributed by atoms with Crippen LogP contribution in [0.1, 0.15) is 0 Å². The first-order valence-corrected chi connectivity index (χ1v) is 8.05. The highest BCUT2D eigenvalue weighted by molar-refractivity contribution is 8.02. The first-order chi connectivity index (χ1) is 7.87. The molecule has 2 atom stereocenters. The van der Waals surface area contributed by atoms with E-state index < -0.39 is 15.9 Å². The van der Waals surface area contributed by atoms with E-state index in [1.54, 1.807) is 18.2 Å². The Kier molecular flexibility index (Phi) is 3.58. The Morgan fingerprint density at radius 3 is 2.65 bits per heavy atom. The molecule has 0 aliphatic carbocycles. The van der Waals surface area contributed by atoms with E-state index in [1.165, 1.54) is 11.8 Å². The molecule has 0 saturated carbocycles. The van der Waals surface area contributed by atoms with Crippen molar-refractivity contribution in [2.24, 2.45) is 0 Å². The normalized spacial score (nSPS) is 27.2. The molecule has 4 nitrogen and oxygen atoms in total. The van der Waals surface area contributed by atoms with Crippen molar-refractivity contribution in [3.63, 3.8) is 0 Å². The van der Waals surface area contributed by atoms with Crippen LogP contribution in [0.2, 0.25) is 5.02 Å². The minimum Gasteiger partial charge on any atom is -0.399 e. The van der Waals surface area contributed by atoms with Crippen molar-refractivity contribution in [1.82, 2.24) is 0 Å². The summed E-state index contributed by atoms with van der Waals surface area (Å²) >= 11 is 7.28. The number of anilines is 1. The van der Waals surface area contributed by atoms with Crippen LogP contribution in [0, 0.1) is 0 Å². The number of aliphatic hydroxyl groups is 1. The van der Waals surface area contributed by atoms with Gasteiger partial charge in [-0.3, -0.25) is 0 Å². The van der Waals surface area contributed by atoms with Gasteiger partial charge in [-0.15, -0.1) is 11.8 Å². The van der Waals surface area contributed by atoms with Crippen molar-refractivity contribution >= 4 is 38.9 Å². The Hall–Kier alpha value is -0.430. The minimum absolute atomic E-state index is 0.0143. The van der Waals surface area contributed by atoms with Gasteiger partial charge in [0.25, 0.3) is 0 Å². The van der Waals surface area contributed by atoms with Gasteiger partial charge in [-0.1, -0.05) is 11.6 Å². The zero-order chi connectivity index (χ0) is 12.6. The maximum Gasteiger partial charge on any atom is 0.154 e. The second-order valence-corrected chi connectivity index (χ2v) is 7.83. The lowest BCUT2D eigenvalue weighted by Crippen LogP contribution is -2.19. The summed E-state index contributed by atoms with van der Waals surface area (Å²) in [7, 11) is -3.12. The lowest BCUT2D eigenvalue weighted by atomic mass is 10.3. The Labute approximate surface area is 109 Å². The van der Waals surface area contributed by atoms with E-state index in [1.807, 2.05) is 0 Å². The molecular formula is C10H12ClNO3S2. The van der Waals surface area contributed by atoms with Crippen molar-refractivity contribution in [3.8, 4) is 0 Å². The smallest absolute Gasteiger partial charge is 0.154 e. The van der Waals surface area contributed by atoms with E-state index in [0.717, 1.165) is 4.90 Å². The third kappa shape index (κ3) is 3.07. The van der Waals surface area contributed by atoms with E-state index in [2.05, 4.69) is 0 Å². The molecule has 7 heteroatoms. The number of thioether (sulfide) groups is 1. The lowest BCUT2D eigenvalue weighted by Gasteiger charge is -2.13. The SMILES string of the molecule is Nc1ccc(SC2CS(=O)(=O)CC2O)c(Cl)c1. The molecule has 0 amide bonds. The van der Waals surface area contributed by atoms with Gasteiger partial charge in [0.2, 0.25) is 0 Å². The van der Waals surface area contributed by atoms with Crippen molar-refractivity contribution < 1.29 is 13.5 Å². The number of halogens is 1. The van der Waals surface area contributed by atoms with Gasteiger partial charge in [0.05, 0.1) is 27.9 Å². The fourth-order valence-electron chi connectivity index (χ4n) is 1.69. The summed E-state index contributed by atoms with van der Waals surface area (Å²) < 4.78 is 22.7. The molecule has 1 aliphatic rings. The lowest BCUT2D eigenvalue weighted by molar-refractivity contribution is 0.207. The Bertz CT molecular complexity index is 532. The zero-order valence-corrected chi connectivity index (χ0v) is 11.2. The van der Waals surface area contributed by atoms with Crippen molar-refractivity contribution in [1.29, 1.82) is 0 Å². The van der Waals surface area contributed by atoms with Gasteiger partial charge in [0, 0.05) is 10.6 Å². The van der Waals surface area contributed by atoms with Crippen molar-refractivity contribution in [3.05, 3.63) is 23.2 Å². The van der Waals surface area contributed by atoms with Gasteiger partial charge in [-0.25, -0.2) is 8.42 Å². The second kappa shape index (κ2) is 4.68. The van der Waals surface area contributed by atoms with Crippen LogP contribution in [0.3, 0.4) is 0 Å². The Morgan fingerprint density at radius 1 is 1.41 bits per heavy atom. The number of aliphatic hydroxyl groups excluding tert-OH is 1. The predicted molar refractivity (Wildman–Crippen MR) is 70.2 cm³/mol. The molecule has 17 heavy (non-hydrogen) atoms. The molecule has 1 aromatic carbocycles. The molecule has 0 bridgehead atoms. The van der Waals surface area contributed by atoms with Crippen LogP contribution in [-0.4, -0.2) is 36.4 Å². The molecule has 2 rings (SSSR count). The molecule has 1 heterocycles. The van der Waals surface area contributed by atoms with Gasteiger partial charge in [-0.05, 0) is 18.2 Å². The number of nitrogen functional groups attached to an aromatic ring is 1. The first kappa shape index (κ1) is 13.0. The Morgan fingerprint density at radius 2 is 2.12 bits per heavy atom. The quantitative estimate of drug-likeness (QED) is 0.800. The van der Waals surface area contributed by atoms with E-state index in [9.17, 15) is 13.5 Å². The Balaban J connectivity index is 2.17. The van der Waals surface area contributed by atoms with Crippen LogP contribution in [0.5, 0.6) is 0 Å². The molecule has 0 radical (unpaired) electrons. The summed E-state index contributed by atoms with van der Waals surface area (Å²) in [6.45, 7) is 0. The van der Waals surface area contributed by atoms with Crippen LogP contribution in [-0.2, 0) is 9.84 Å². The van der Waals surface area contributed by atoms with Gasteiger partial charge in [0.15, 0.2) is 9.84 Å². The third-order valence-electron chi connectivity index (χ3n) is 2.51. The fraction of sp³-hybridized carbons (Fsp3) is 0.400. The summed E-state index contributed by atoms with van der Waals surface area (Å²) in [5.74, 6) is -0.184. The molecule has 1 aromatic rings. The van der Waals surface area contributed by atoms with E-state index in [-0.39, 0.29) is 16.8 Å². The van der Waals surface area contributed by atoms with Crippen LogP contribution < -0.4 is 5.73 Å².